The molecule has 1 aliphatic heterocycles. The average molecular weight is 341 g/mol. The Kier molecular flexibility index (Phi) is 5.96. The lowest BCUT2D eigenvalue weighted by Gasteiger charge is -2.16. The Morgan fingerprint density at radius 3 is 2.83 bits per heavy atom. The van der Waals surface area contributed by atoms with Crippen molar-refractivity contribution in [2.45, 2.75) is 31.6 Å². The van der Waals surface area contributed by atoms with Gasteiger partial charge < -0.3 is 0 Å². The van der Waals surface area contributed by atoms with Crippen molar-refractivity contribution in [2.24, 2.45) is 0 Å². The summed E-state index contributed by atoms with van der Waals surface area (Å²) in [7, 11) is 0. The third-order valence-corrected chi connectivity index (χ3v) is 5.20. The lowest BCUT2D eigenvalue weighted by atomic mass is 10.00. The molecule has 0 spiro atoms. The summed E-state index contributed by atoms with van der Waals surface area (Å²) in [6.07, 6.45) is 4.69. The Bertz CT molecular complexity index is 710. The second-order valence-corrected chi connectivity index (χ2v) is 6.95. The SMILES string of the molecule is CCOONc1ccc(/C=C(\C)c2ccc3c(c2)CCCS3)cc1. The van der Waals surface area contributed by atoms with E-state index in [-0.39, 0.29) is 0 Å². The van der Waals surface area contributed by atoms with Crippen LogP contribution in [0.2, 0.25) is 0 Å². The van der Waals surface area contributed by atoms with Gasteiger partial charge in [0.1, 0.15) is 0 Å². The van der Waals surface area contributed by atoms with Gasteiger partial charge in [0.2, 0.25) is 0 Å². The number of anilines is 1. The first kappa shape index (κ1) is 17.1. The molecule has 0 amide bonds. The summed E-state index contributed by atoms with van der Waals surface area (Å²) in [5.74, 6) is 1.24. The van der Waals surface area contributed by atoms with E-state index in [1.165, 1.54) is 45.8 Å². The lowest BCUT2D eigenvalue weighted by Crippen LogP contribution is -2.01. The molecule has 2 aromatic rings. The third-order valence-electron chi connectivity index (χ3n) is 3.99. The van der Waals surface area contributed by atoms with Gasteiger partial charge in [-0.2, -0.15) is 0 Å². The molecule has 126 valence electrons. The number of fused-ring (bicyclic) bond motifs is 1. The Labute approximate surface area is 147 Å². The fourth-order valence-electron chi connectivity index (χ4n) is 2.72. The molecule has 0 atom stereocenters. The van der Waals surface area contributed by atoms with Crippen LogP contribution in [0.5, 0.6) is 0 Å². The van der Waals surface area contributed by atoms with Crippen LogP contribution in [-0.4, -0.2) is 12.4 Å². The number of benzene rings is 2. The number of allylic oxidation sites excluding steroid dienone is 1. The van der Waals surface area contributed by atoms with Crippen LogP contribution in [0, 0.1) is 0 Å². The van der Waals surface area contributed by atoms with E-state index in [1.807, 2.05) is 30.8 Å². The van der Waals surface area contributed by atoms with Crippen LogP contribution >= 0.6 is 11.8 Å². The standard InChI is InChI=1S/C20H23NO2S/c1-3-22-23-21-19-9-6-16(7-10-19)13-15(2)17-8-11-20-18(14-17)5-4-12-24-20/h6-11,13-14,21H,3-5,12H2,1-2H3/b15-13+. The van der Waals surface area contributed by atoms with Gasteiger partial charge in [0.25, 0.3) is 0 Å². The molecular formula is C20H23NO2S. The van der Waals surface area contributed by atoms with Crippen molar-refractivity contribution < 1.29 is 9.88 Å². The number of hydrogen-bond donors (Lipinski definition) is 1. The lowest BCUT2D eigenvalue weighted by molar-refractivity contribution is -0.268. The summed E-state index contributed by atoms with van der Waals surface area (Å²) < 4.78 is 0. The molecule has 0 unspecified atom stereocenters. The highest BCUT2D eigenvalue weighted by molar-refractivity contribution is 7.99. The molecule has 1 N–H and O–H groups in total. The van der Waals surface area contributed by atoms with E-state index in [0.717, 1.165) is 5.69 Å². The first-order valence-electron chi connectivity index (χ1n) is 8.35. The molecule has 3 nitrogen and oxygen atoms in total. The zero-order valence-electron chi connectivity index (χ0n) is 14.2. The van der Waals surface area contributed by atoms with E-state index in [0.29, 0.717) is 6.61 Å². The average Bonchev–Trinajstić information content (AvgIpc) is 2.63. The van der Waals surface area contributed by atoms with Crippen molar-refractivity contribution >= 4 is 29.1 Å². The van der Waals surface area contributed by atoms with E-state index in [2.05, 4.69) is 48.8 Å². The van der Waals surface area contributed by atoms with Crippen molar-refractivity contribution in [1.82, 2.24) is 0 Å². The molecule has 1 aliphatic rings. The quantitative estimate of drug-likeness (QED) is 0.321. The molecule has 4 heteroatoms. The van der Waals surface area contributed by atoms with Gasteiger partial charge in [0, 0.05) is 4.90 Å². The minimum absolute atomic E-state index is 0.506. The molecule has 24 heavy (non-hydrogen) atoms. The highest BCUT2D eigenvalue weighted by Gasteiger charge is 2.10. The van der Waals surface area contributed by atoms with Crippen LogP contribution < -0.4 is 5.48 Å². The predicted octanol–water partition coefficient (Wildman–Crippen LogP) is 5.58. The number of nitrogens with one attached hydrogen (secondary N) is 1. The smallest absolute Gasteiger partial charge is 0.0819 e. The summed E-state index contributed by atoms with van der Waals surface area (Å²) in [6.45, 7) is 4.55. The van der Waals surface area contributed by atoms with Crippen LogP contribution in [0.3, 0.4) is 0 Å². The second kappa shape index (κ2) is 8.38. The fraction of sp³-hybridized carbons (Fsp3) is 0.300. The van der Waals surface area contributed by atoms with E-state index in [4.69, 9.17) is 9.88 Å². The predicted molar refractivity (Wildman–Crippen MR) is 102 cm³/mol. The highest BCUT2D eigenvalue weighted by atomic mass is 32.2. The van der Waals surface area contributed by atoms with Crippen LogP contribution in [0.4, 0.5) is 5.69 Å². The number of thioether (sulfide) groups is 1. The van der Waals surface area contributed by atoms with E-state index in [1.54, 1.807) is 0 Å². The van der Waals surface area contributed by atoms with Gasteiger partial charge in [-0.15, -0.1) is 16.8 Å². The summed E-state index contributed by atoms with van der Waals surface area (Å²) in [4.78, 5) is 11.1. The van der Waals surface area contributed by atoms with Gasteiger partial charge in [-0.05, 0) is 72.9 Å². The molecule has 0 fully saturated rings. The van der Waals surface area contributed by atoms with Crippen molar-refractivity contribution in [3.05, 3.63) is 59.2 Å². The number of hydrogen-bond acceptors (Lipinski definition) is 4. The molecule has 0 saturated heterocycles. The first-order chi connectivity index (χ1) is 11.8. The van der Waals surface area contributed by atoms with Gasteiger partial charge >= 0.3 is 0 Å². The monoisotopic (exact) mass is 341 g/mol. The Morgan fingerprint density at radius 2 is 2.04 bits per heavy atom. The van der Waals surface area contributed by atoms with Crippen molar-refractivity contribution in [3.8, 4) is 0 Å². The summed E-state index contributed by atoms with van der Waals surface area (Å²) in [5.41, 5.74) is 8.85. The maximum atomic E-state index is 4.84. The van der Waals surface area contributed by atoms with E-state index >= 15 is 0 Å². The molecule has 0 radical (unpaired) electrons. The molecule has 2 aromatic carbocycles. The van der Waals surface area contributed by atoms with Gasteiger partial charge in [-0.1, -0.05) is 30.3 Å². The van der Waals surface area contributed by atoms with E-state index < -0.39 is 0 Å². The fourth-order valence-corrected chi connectivity index (χ4v) is 3.74. The van der Waals surface area contributed by atoms with Crippen LogP contribution in [0.15, 0.2) is 47.4 Å². The summed E-state index contributed by atoms with van der Waals surface area (Å²) in [6, 6.07) is 14.9. The minimum atomic E-state index is 0.506. The molecule has 0 bridgehead atoms. The molecule has 3 rings (SSSR count). The van der Waals surface area contributed by atoms with Gasteiger partial charge in [-0.3, -0.25) is 0 Å². The number of rotatable bonds is 6. The Morgan fingerprint density at radius 1 is 1.21 bits per heavy atom. The van der Waals surface area contributed by atoms with Crippen LogP contribution in [-0.2, 0) is 16.3 Å². The largest absolute Gasteiger partial charge is 0.235 e. The molecular weight excluding hydrogens is 318 g/mol. The summed E-state index contributed by atoms with van der Waals surface area (Å²) in [5, 5.41) is 0. The first-order valence-corrected chi connectivity index (χ1v) is 9.34. The maximum Gasteiger partial charge on any atom is 0.0819 e. The van der Waals surface area contributed by atoms with Crippen LogP contribution in [0.25, 0.3) is 11.6 Å². The topological polar surface area (TPSA) is 30.5 Å². The molecule has 0 aliphatic carbocycles. The Balaban J connectivity index is 1.71. The van der Waals surface area contributed by atoms with Crippen molar-refractivity contribution in [2.75, 3.05) is 17.8 Å². The van der Waals surface area contributed by atoms with Gasteiger partial charge in [0.15, 0.2) is 0 Å². The number of aryl methyl sites for hydroxylation is 1. The van der Waals surface area contributed by atoms with Crippen molar-refractivity contribution in [1.29, 1.82) is 0 Å². The molecule has 0 aromatic heterocycles. The molecule has 1 heterocycles. The van der Waals surface area contributed by atoms with Crippen LogP contribution in [0.1, 0.15) is 37.0 Å². The van der Waals surface area contributed by atoms with Gasteiger partial charge in [-0.25, -0.2) is 10.4 Å². The Hall–Kier alpha value is -1.75. The third kappa shape index (κ3) is 4.41. The van der Waals surface area contributed by atoms with Crippen molar-refractivity contribution in [3.63, 3.8) is 0 Å². The van der Waals surface area contributed by atoms with E-state index in [9.17, 15) is 0 Å². The maximum absolute atomic E-state index is 4.84. The molecule has 0 saturated carbocycles. The zero-order chi connectivity index (χ0) is 16.8. The zero-order valence-corrected chi connectivity index (χ0v) is 15.0. The second-order valence-electron chi connectivity index (χ2n) is 5.82. The summed E-state index contributed by atoms with van der Waals surface area (Å²) >= 11 is 1.97. The normalized spacial score (nSPS) is 14.3. The van der Waals surface area contributed by atoms with Gasteiger partial charge in [0.05, 0.1) is 12.3 Å². The minimum Gasteiger partial charge on any atom is -0.235 e. The highest BCUT2D eigenvalue weighted by Crippen LogP contribution is 2.32.